The number of hydrogen-bond acceptors (Lipinski definition) is 7. The molecule has 0 bridgehead atoms. The van der Waals surface area contributed by atoms with Gasteiger partial charge in [-0.25, -0.2) is 9.59 Å². The average Bonchev–Trinajstić information content (AvgIpc) is 2.97. The summed E-state index contributed by atoms with van der Waals surface area (Å²) in [5.41, 5.74) is 5.67. The number of hydrogen-bond donors (Lipinski definition) is 3. The summed E-state index contributed by atoms with van der Waals surface area (Å²) in [5, 5.41) is 10.4. The van der Waals surface area contributed by atoms with Crippen molar-refractivity contribution in [2.45, 2.75) is 26.2 Å². The number of alkyl halides is 3. The van der Waals surface area contributed by atoms with E-state index >= 15 is 0 Å². The smallest absolute Gasteiger partial charge is 0.475 e. The maximum atomic E-state index is 12.8. The van der Waals surface area contributed by atoms with Crippen molar-refractivity contribution < 1.29 is 27.9 Å². The summed E-state index contributed by atoms with van der Waals surface area (Å²) in [6.07, 6.45) is -5.08. The van der Waals surface area contributed by atoms with Gasteiger partial charge in [-0.1, -0.05) is 5.92 Å². The number of amides is 1. The number of nitrogens with one attached hydrogen (secondary N) is 1. The molecule has 0 aromatic carbocycles. The molecule has 4 N–H and O–H groups in total. The molecule has 0 unspecified atom stereocenters. The molecule has 2 aromatic heterocycles. The van der Waals surface area contributed by atoms with Crippen LogP contribution in [0.15, 0.2) is 4.79 Å². The minimum absolute atomic E-state index is 0.0120. The fraction of sp³-hybridized carbons (Fsp3) is 0.471. The predicted octanol–water partition coefficient (Wildman–Crippen LogP) is -0.202. The molecular formula is C17H19ClF3N7O4. The average molecular weight is 478 g/mol. The molecule has 15 heteroatoms. The molecule has 174 valence electrons. The first kappa shape index (κ1) is 25.0. The van der Waals surface area contributed by atoms with Crippen molar-refractivity contribution in [3.05, 3.63) is 15.8 Å². The molecule has 0 atom stereocenters. The normalized spacial score (nSPS) is 13.7. The highest BCUT2D eigenvalue weighted by Gasteiger charge is 2.38. The van der Waals surface area contributed by atoms with Crippen molar-refractivity contribution in [1.29, 1.82) is 0 Å². The number of primary amides is 1. The van der Waals surface area contributed by atoms with Gasteiger partial charge in [-0.2, -0.15) is 23.1 Å². The lowest BCUT2D eigenvalue weighted by molar-refractivity contribution is -0.192. The number of carboxylic acids is 1. The van der Waals surface area contributed by atoms with Crippen molar-refractivity contribution in [3.63, 3.8) is 0 Å². The molecule has 3 heterocycles. The summed E-state index contributed by atoms with van der Waals surface area (Å²) in [7, 11) is 0. The van der Waals surface area contributed by atoms with Gasteiger partial charge in [0.25, 0.3) is 0 Å². The molecule has 11 nitrogen and oxygen atoms in total. The van der Waals surface area contributed by atoms with Crippen LogP contribution in [0.25, 0.3) is 11.2 Å². The molecule has 1 aliphatic rings. The van der Waals surface area contributed by atoms with Crippen LogP contribution in [0.2, 0.25) is 5.28 Å². The SMILES string of the molecule is CC#CCn1c(=O)n(CC(N)=O)c2nc(Cl)nc(N3CCNCC3)c21.O=C(O)C(F)(F)F. The number of imidazole rings is 1. The minimum Gasteiger partial charge on any atom is -0.475 e. The molecule has 1 amide bonds. The second-order valence-electron chi connectivity index (χ2n) is 6.38. The van der Waals surface area contributed by atoms with Gasteiger partial charge in [0, 0.05) is 26.2 Å². The van der Waals surface area contributed by atoms with Crippen LogP contribution in [-0.4, -0.2) is 68.4 Å². The van der Waals surface area contributed by atoms with E-state index < -0.39 is 23.7 Å². The number of carbonyl (C=O) groups excluding carboxylic acids is 1. The fourth-order valence-corrected chi connectivity index (χ4v) is 3.03. The van der Waals surface area contributed by atoms with E-state index in [0.717, 1.165) is 26.2 Å². The highest BCUT2D eigenvalue weighted by molar-refractivity contribution is 6.28. The van der Waals surface area contributed by atoms with Gasteiger partial charge in [0.1, 0.15) is 12.1 Å². The highest BCUT2D eigenvalue weighted by atomic mass is 35.5. The van der Waals surface area contributed by atoms with Gasteiger partial charge in [-0.05, 0) is 18.5 Å². The minimum atomic E-state index is -5.08. The van der Waals surface area contributed by atoms with Crippen LogP contribution in [0.5, 0.6) is 0 Å². The lowest BCUT2D eigenvalue weighted by atomic mass is 10.3. The maximum Gasteiger partial charge on any atom is 0.490 e. The van der Waals surface area contributed by atoms with Crippen LogP contribution in [0.1, 0.15) is 6.92 Å². The number of aliphatic carboxylic acids is 1. The number of aromatic nitrogens is 4. The van der Waals surface area contributed by atoms with Crippen molar-refractivity contribution >= 4 is 40.5 Å². The number of halogens is 4. The van der Waals surface area contributed by atoms with Crippen LogP contribution in [0.3, 0.4) is 0 Å². The Balaban J connectivity index is 0.000000451. The lowest BCUT2D eigenvalue weighted by Crippen LogP contribution is -2.44. The van der Waals surface area contributed by atoms with Crippen molar-refractivity contribution in [2.75, 3.05) is 31.1 Å². The molecule has 1 saturated heterocycles. The molecule has 1 aliphatic heterocycles. The Bertz CT molecular complexity index is 1130. The lowest BCUT2D eigenvalue weighted by Gasteiger charge is -2.28. The molecule has 3 rings (SSSR count). The summed E-state index contributed by atoms with van der Waals surface area (Å²) in [4.78, 5) is 43.6. The van der Waals surface area contributed by atoms with Gasteiger partial charge in [0.05, 0.1) is 6.54 Å². The second kappa shape index (κ2) is 10.3. The largest absolute Gasteiger partial charge is 0.490 e. The van der Waals surface area contributed by atoms with Gasteiger partial charge in [-0.15, -0.1) is 5.92 Å². The predicted molar refractivity (Wildman–Crippen MR) is 108 cm³/mol. The third-order valence-electron chi connectivity index (χ3n) is 4.19. The van der Waals surface area contributed by atoms with Gasteiger partial charge in [0.15, 0.2) is 11.5 Å². The molecule has 1 fully saturated rings. The number of carboxylic acid groups (broad SMARTS) is 1. The quantitative estimate of drug-likeness (QED) is 0.405. The van der Waals surface area contributed by atoms with E-state index in [-0.39, 0.29) is 24.0 Å². The number of piperazine rings is 1. The first-order valence-corrected chi connectivity index (χ1v) is 9.45. The first-order valence-electron chi connectivity index (χ1n) is 9.07. The fourth-order valence-electron chi connectivity index (χ4n) is 2.87. The molecule has 0 radical (unpaired) electrons. The monoisotopic (exact) mass is 477 g/mol. The maximum absolute atomic E-state index is 12.8. The number of nitrogens with zero attached hydrogens (tertiary/aromatic N) is 5. The highest BCUT2D eigenvalue weighted by Crippen LogP contribution is 2.25. The Kier molecular flexibility index (Phi) is 8.06. The van der Waals surface area contributed by atoms with E-state index in [0.29, 0.717) is 11.3 Å². The summed E-state index contributed by atoms with van der Waals surface area (Å²) in [6.45, 7) is 4.61. The number of fused-ring (bicyclic) bond motifs is 1. The third-order valence-corrected chi connectivity index (χ3v) is 4.36. The van der Waals surface area contributed by atoms with Gasteiger partial charge in [-0.3, -0.25) is 13.9 Å². The van der Waals surface area contributed by atoms with Gasteiger partial charge in [0.2, 0.25) is 11.2 Å². The summed E-state index contributed by atoms with van der Waals surface area (Å²) in [5.74, 6) is 2.81. The van der Waals surface area contributed by atoms with Crippen LogP contribution in [0.4, 0.5) is 19.0 Å². The van der Waals surface area contributed by atoms with Crippen LogP contribution < -0.4 is 21.6 Å². The van der Waals surface area contributed by atoms with Crippen LogP contribution in [-0.2, 0) is 22.7 Å². The molecule has 32 heavy (non-hydrogen) atoms. The zero-order chi connectivity index (χ0) is 24.1. The number of carbonyl (C=O) groups is 2. The zero-order valence-corrected chi connectivity index (χ0v) is 17.5. The molecule has 2 aromatic rings. The first-order chi connectivity index (χ1) is 15.0. The number of rotatable bonds is 4. The molecular weight excluding hydrogens is 459 g/mol. The Morgan fingerprint density at radius 1 is 1.25 bits per heavy atom. The van der Waals surface area contributed by atoms with Crippen molar-refractivity contribution in [3.8, 4) is 11.8 Å². The molecule has 0 saturated carbocycles. The third kappa shape index (κ3) is 5.89. The summed E-state index contributed by atoms with van der Waals surface area (Å²) < 4.78 is 34.4. The Morgan fingerprint density at radius 2 is 1.84 bits per heavy atom. The van der Waals surface area contributed by atoms with Crippen molar-refractivity contribution in [1.82, 2.24) is 24.4 Å². The standard InChI is InChI=1S/C15H18ClN7O2.C2HF3O2/c1-2-3-6-22-11-12(21-7-4-18-5-8-21)19-14(16)20-13(11)23(15(22)25)9-10(17)24;3-2(4,5)1(6)7/h18H,4-9H2,1H3,(H2,17,24);(H,6,7). The van der Waals surface area contributed by atoms with Crippen LogP contribution in [0, 0.1) is 11.8 Å². The Labute approximate surface area is 184 Å². The number of nitrogens with two attached hydrogens (primary N) is 1. The van der Waals surface area contributed by atoms with Crippen LogP contribution >= 0.6 is 11.6 Å². The molecule has 0 aliphatic carbocycles. The van der Waals surface area contributed by atoms with E-state index in [1.54, 1.807) is 6.92 Å². The Morgan fingerprint density at radius 3 is 2.34 bits per heavy atom. The summed E-state index contributed by atoms with van der Waals surface area (Å²) in [6, 6.07) is 0. The summed E-state index contributed by atoms with van der Waals surface area (Å²) >= 11 is 6.08. The number of anilines is 1. The van der Waals surface area contributed by atoms with Gasteiger partial charge < -0.3 is 21.1 Å². The van der Waals surface area contributed by atoms with E-state index in [4.69, 9.17) is 27.2 Å². The van der Waals surface area contributed by atoms with E-state index in [9.17, 15) is 22.8 Å². The zero-order valence-electron chi connectivity index (χ0n) is 16.7. The Hall–Kier alpha value is -3.31. The van der Waals surface area contributed by atoms with Crippen molar-refractivity contribution in [2.24, 2.45) is 5.73 Å². The van der Waals surface area contributed by atoms with E-state index in [1.807, 2.05) is 4.90 Å². The van der Waals surface area contributed by atoms with Gasteiger partial charge >= 0.3 is 17.8 Å². The molecule has 0 spiro atoms. The van der Waals surface area contributed by atoms with E-state index in [1.165, 1.54) is 9.13 Å². The van der Waals surface area contributed by atoms with E-state index in [2.05, 4.69) is 27.1 Å². The second-order valence-corrected chi connectivity index (χ2v) is 6.71. The topological polar surface area (TPSA) is 148 Å².